The van der Waals surface area contributed by atoms with Gasteiger partial charge in [0, 0.05) is 16.8 Å². The molecule has 4 heteroatoms. The number of benzene rings is 1. The lowest BCUT2D eigenvalue weighted by Gasteiger charge is -2.64. The molecule has 1 aromatic carbocycles. The van der Waals surface area contributed by atoms with E-state index < -0.39 is 5.41 Å². The van der Waals surface area contributed by atoms with E-state index in [2.05, 4.69) is 67.5 Å². The Kier molecular flexibility index (Phi) is 7.69. The van der Waals surface area contributed by atoms with Gasteiger partial charge in [0.15, 0.2) is 0 Å². The second-order valence-electron chi connectivity index (χ2n) is 17.5. The van der Waals surface area contributed by atoms with Crippen LogP contribution in [-0.2, 0) is 14.9 Å². The van der Waals surface area contributed by atoms with Crippen molar-refractivity contribution in [3.63, 3.8) is 0 Å². The predicted octanol–water partition coefficient (Wildman–Crippen LogP) is 9.78. The fraction of sp³-hybridized carbons (Fsp3) is 0.725. The van der Waals surface area contributed by atoms with Gasteiger partial charge in [-0.25, -0.2) is 0 Å². The minimum absolute atomic E-state index is 0.0879. The molecule has 5 aliphatic rings. The van der Waals surface area contributed by atoms with Crippen LogP contribution in [0.15, 0.2) is 41.5 Å². The Balaban J connectivity index is 1.21. The molecule has 4 fully saturated rings. The van der Waals surface area contributed by atoms with Gasteiger partial charge in [-0.1, -0.05) is 64.8 Å². The molecule has 4 nitrogen and oxygen atoms in total. The molecule has 44 heavy (non-hydrogen) atoms. The Bertz CT molecular complexity index is 1340. The van der Waals surface area contributed by atoms with Gasteiger partial charge in [0.2, 0.25) is 0 Å². The Morgan fingerprint density at radius 1 is 0.909 bits per heavy atom. The van der Waals surface area contributed by atoms with Crippen molar-refractivity contribution in [3.05, 3.63) is 47.1 Å². The molecule has 8 atom stereocenters. The van der Waals surface area contributed by atoms with E-state index in [-0.39, 0.29) is 22.9 Å². The zero-order valence-electron chi connectivity index (χ0n) is 29.0. The van der Waals surface area contributed by atoms with Crippen LogP contribution < -0.4 is 11.5 Å². The molecule has 4 N–H and O–H groups in total. The standard InChI is InChI=1S/C40H60N2O2/c1-25(2)10-9-11-26(3)30-14-18-39(8)32-12-13-33-36(4,5)34(16-17-37(33,6)31(32)15-19-38(30,39)7)44-35(43)40(20-21-40)27-22-28(41)24-29(42)23-27/h10,13,22-24,26,30-32,34H,9,11-12,14-21,41-42H2,1-8H3. The zero-order valence-corrected chi connectivity index (χ0v) is 29.0. The minimum atomic E-state index is -0.587. The molecule has 4 saturated carbocycles. The van der Waals surface area contributed by atoms with Crippen molar-refractivity contribution in [2.45, 2.75) is 138 Å². The van der Waals surface area contributed by atoms with Gasteiger partial charge in [-0.3, -0.25) is 4.79 Å². The van der Waals surface area contributed by atoms with Crippen LogP contribution >= 0.6 is 0 Å². The van der Waals surface area contributed by atoms with Gasteiger partial charge >= 0.3 is 5.97 Å². The highest BCUT2D eigenvalue weighted by Gasteiger charge is 2.66. The minimum Gasteiger partial charge on any atom is -0.461 e. The van der Waals surface area contributed by atoms with Crippen molar-refractivity contribution in [1.29, 1.82) is 0 Å². The van der Waals surface area contributed by atoms with Crippen LogP contribution in [0.3, 0.4) is 0 Å². The van der Waals surface area contributed by atoms with Crippen LogP contribution in [0.2, 0.25) is 0 Å². The maximum Gasteiger partial charge on any atom is 0.316 e. The number of nitrogen functional groups attached to an aromatic ring is 2. The monoisotopic (exact) mass is 600 g/mol. The summed E-state index contributed by atoms with van der Waals surface area (Å²) in [5, 5.41) is 0. The number of hydrogen-bond acceptors (Lipinski definition) is 4. The van der Waals surface area contributed by atoms with E-state index in [1.807, 2.05) is 12.1 Å². The number of hydrogen-bond donors (Lipinski definition) is 2. The summed E-state index contributed by atoms with van der Waals surface area (Å²) >= 11 is 0. The first-order valence-corrected chi connectivity index (χ1v) is 17.8. The summed E-state index contributed by atoms with van der Waals surface area (Å²) in [4.78, 5) is 13.8. The molecule has 0 aliphatic heterocycles. The molecular weight excluding hydrogens is 540 g/mol. The van der Waals surface area contributed by atoms with Gasteiger partial charge in [0.25, 0.3) is 0 Å². The molecule has 0 amide bonds. The summed E-state index contributed by atoms with van der Waals surface area (Å²) < 4.78 is 6.53. The SMILES string of the molecule is CC(C)=CCCC(C)C1CCC2(C)C3CC=C4C(C)(C)C(OC(=O)C5(c6cc(N)cc(N)c6)CC5)CCC4(C)C3CCC12C. The first-order valence-electron chi connectivity index (χ1n) is 17.8. The fourth-order valence-electron chi connectivity index (χ4n) is 11.7. The van der Waals surface area contributed by atoms with Crippen molar-refractivity contribution in [2.75, 3.05) is 11.5 Å². The van der Waals surface area contributed by atoms with E-state index in [0.717, 1.165) is 49.0 Å². The molecule has 0 heterocycles. The predicted molar refractivity (Wildman–Crippen MR) is 183 cm³/mol. The summed E-state index contributed by atoms with van der Waals surface area (Å²) in [6.07, 6.45) is 17.8. The van der Waals surface area contributed by atoms with Gasteiger partial charge in [0.05, 0.1) is 5.41 Å². The van der Waals surface area contributed by atoms with Gasteiger partial charge < -0.3 is 16.2 Å². The van der Waals surface area contributed by atoms with Crippen molar-refractivity contribution < 1.29 is 9.53 Å². The van der Waals surface area contributed by atoms with Gasteiger partial charge in [-0.2, -0.15) is 0 Å². The largest absolute Gasteiger partial charge is 0.461 e. The Morgan fingerprint density at radius 3 is 2.20 bits per heavy atom. The molecule has 0 saturated heterocycles. The molecule has 242 valence electrons. The summed E-state index contributed by atoms with van der Waals surface area (Å²) in [7, 11) is 0. The third-order valence-corrected chi connectivity index (χ3v) is 14.6. The number of rotatable bonds is 7. The van der Waals surface area contributed by atoms with Gasteiger partial charge in [-0.15, -0.1) is 0 Å². The number of ether oxygens (including phenoxy) is 1. The quantitative estimate of drug-likeness (QED) is 0.185. The first kappa shape index (κ1) is 31.7. The lowest BCUT2D eigenvalue weighted by molar-refractivity contribution is -0.165. The Hall–Kier alpha value is -2.23. The highest BCUT2D eigenvalue weighted by Crippen LogP contribution is 2.74. The van der Waals surface area contributed by atoms with Crippen molar-refractivity contribution in [3.8, 4) is 0 Å². The summed E-state index contributed by atoms with van der Waals surface area (Å²) in [6.45, 7) is 19.6. The second-order valence-corrected chi connectivity index (χ2v) is 17.5. The highest BCUT2D eigenvalue weighted by atomic mass is 16.5. The summed E-state index contributed by atoms with van der Waals surface area (Å²) in [5.74, 6) is 2.97. The van der Waals surface area contributed by atoms with E-state index >= 15 is 0 Å². The average molecular weight is 601 g/mol. The molecule has 0 radical (unpaired) electrons. The van der Waals surface area contributed by atoms with E-state index in [1.165, 1.54) is 50.5 Å². The van der Waals surface area contributed by atoms with Crippen LogP contribution in [0, 0.1) is 45.3 Å². The second kappa shape index (κ2) is 10.7. The number of fused-ring (bicyclic) bond motifs is 5. The van der Waals surface area contributed by atoms with Crippen LogP contribution in [0.5, 0.6) is 0 Å². The third kappa shape index (κ3) is 4.70. The summed E-state index contributed by atoms with van der Waals surface area (Å²) in [6, 6.07) is 5.57. The number of allylic oxidation sites excluding steroid dienone is 3. The molecule has 1 aromatic rings. The smallest absolute Gasteiger partial charge is 0.316 e. The average Bonchev–Trinajstić information content (AvgIpc) is 3.69. The van der Waals surface area contributed by atoms with Crippen LogP contribution in [-0.4, -0.2) is 12.1 Å². The molecule has 6 rings (SSSR count). The molecular formula is C40H60N2O2. The lowest BCUT2D eigenvalue weighted by atomic mass is 9.40. The molecule has 0 aromatic heterocycles. The van der Waals surface area contributed by atoms with Crippen molar-refractivity contribution >= 4 is 17.3 Å². The number of esters is 1. The number of anilines is 2. The maximum atomic E-state index is 13.8. The van der Waals surface area contributed by atoms with Crippen LogP contribution in [0.1, 0.15) is 132 Å². The van der Waals surface area contributed by atoms with E-state index in [1.54, 1.807) is 11.6 Å². The van der Waals surface area contributed by atoms with Crippen molar-refractivity contribution in [2.24, 2.45) is 45.3 Å². The number of carbonyl (C=O) groups is 1. The first-order chi connectivity index (χ1) is 20.6. The van der Waals surface area contributed by atoms with Gasteiger partial charge in [-0.05, 0) is 148 Å². The molecule has 0 bridgehead atoms. The number of carbonyl (C=O) groups excluding carboxylic acids is 1. The molecule has 0 spiro atoms. The Morgan fingerprint density at radius 2 is 1.57 bits per heavy atom. The van der Waals surface area contributed by atoms with Crippen LogP contribution in [0.4, 0.5) is 11.4 Å². The maximum absolute atomic E-state index is 13.8. The van der Waals surface area contributed by atoms with E-state index in [4.69, 9.17) is 16.2 Å². The van der Waals surface area contributed by atoms with Gasteiger partial charge in [0.1, 0.15) is 6.10 Å². The topological polar surface area (TPSA) is 78.3 Å². The lowest BCUT2D eigenvalue weighted by Crippen LogP contribution is -2.58. The normalized spacial score (nSPS) is 38.8. The highest BCUT2D eigenvalue weighted by molar-refractivity contribution is 5.87. The molecule has 5 aliphatic carbocycles. The fourth-order valence-corrected chi connectivity index (χ4v) is 11.7. The van der Waals surface area contributed by atoms with Crippen LogP contribution in [0.25, 0.3) is 0 Å². The number of nitrogens with two attached hydrogens (primary N) is 2. The summed E-state index contributed by atoms with van der Waals surface area (Å²) in [5.41, 5.74) is 17.6. The van der Waals surface area contributed by atoms with Crippen molar-refractivity contribution in [1.82, 2.24) is 0 Å². The van der Waals surface area contributed by atoms with E-state index in [9.17, 15) is 4.79 Å². The Labute approximate surface area is 267 Å². The van der Waals surface area contributed by atoms with E-state index in [0.29, 0.717) is 28.1 Å². The molecule has 8 unspecified atom stereocenters. The zero-order chi connectivity index (χ0) is 31.9. The third-order valence-electron chi connectivity index (χ3n) is 14.6.